The first kappa shape index (κ1) is 27.5. The Labute approximate surface area is 206 Å². The molecule has 190 valence electrons. The average Bonchev–Trinajstić information content (AvgIpc) is 2.84. The van der Waals surface area contributed by atoms with E-state index in [-0.39, 0.29) is 13.0 Å². The number of methoxy groups -OCH3 is 6. The maximum absolute atomic E-state index is 12.2. The van der Waals surface area contributed by atoms with Crippen LogP contribution in [0.25, 0.3) is 0 Å². The van der Waals surface area contributed by atoms with Crippen LogP contribution in [0.3, 0.4) is 0 Å². The molecule has 0 spiro atoms. The van der Waals surface area contributed by atoms with Gasteiger partial charge in [0, 0.05) is 29.2 Å². The van der Waals surface area contributed by atoms with Crippen molar-refractivity contribution in [2.24, 2.45) is 5.73 Å². The fraction of sp³-hybridized carbons (Fsp3) is 0.423. The molecule has 0 saturated heterocycles. The van der Waals surface area contributed by atoms with Crippen LogP contribution in [-0.4, -0.2) is 61.2 Å². The number of amides is 1. The molecule has 0 aromatic heterocycles. The van der Waals surface area contributed by atoms with Crippen LogP contribution in [0.4, 0.5) is 0 Å². The Morgan fingerprint density at radius 2 is 1.34 bits per heavy atom. The zero-order valence-corrected chi connectivity index (χ0v) is 21.6. The van der Waals surface area contributed by atoms with Gasteiger partial charge in [0.2, 0.25) is 5.91 Å². The highest BCUT2D eigenvalue weighted by Gasteiger charge is 2.22. The molecule has 1 amide bonds. The van der Waals surface area contributed by atoms with Gasteiger partial charge in [0.25, 0.3) is 0 Å². The fourth-order valence-corrected chi connectivity index (χ4v) is 3.98. The van der Waals surface area contributed by atoms with E-state index in [9.17, 15) is 4.79 Å². The standard InChI is InChI=1S/C26H34N2O7/c1-15-22(32-5)17(13-20(30-3)24(15)34-7)10-9-11-28-19(26(27)29)12-18-14-21(31-4)25(35-8)16(2)23(18)33-6/h13-14,19,28H,11-12H2,1-8H3,(H2,27,29). The van der Waals surface area contributed by atoms with Crippen LogP contribution >= 0.6 is 0 Å². The van der Waals surface area contributed by atoms with E-state index in [1.54, 1.807) is 54.8 Å². The molecule has 1 unspecified atom stereocenters. The van der Waals surface area contributed by atoms with E-state index in [2.05, 4.69) is 17.2 Å². The number of nitrogens with two attached hydrogens (primary N) is 1. The van der Waals surface area contributed by atoms with E-state index in [4.69, 9.17) is 34.2 Å². The van der Waals surface area contributed by atoms with Gasteiger partial charge in [-0.3, -0.25) is 10.1 Å². The predicted octanol–water partition coefficient (Wildman–Crippen LogP) is 2.39. The van der Waals surface area contributed by atoms with Crippen molar-refractivity contribution < 1.29 is 33.2 Å². The van der Waals surface area contributed by atoms with Crippen molar-refractivity contribution >= 4 is 5.91 Å². The summed E-state index contributed by atoms with van der Waals surface area (Å²) in [6.45, 7) is 3.93. The number of rotatable bonds is 11. The van der Waals surface area contributed by atoms with Crippen LogP contribution in [0.15, 0.2) is 12.1 Å². The van der Waals surface area contributed by atoms with E-state index >= 15 is 0 Å². The lowest BCUT2D eigenvalue weighted by Crippen LogP contribution is -2.43. The lowest BCUT2D eigenvalue weighted by Gasteiger charge is -2.20. The summed E-state index contributed by atoms with van der Waals surface area (Å²) in [6, 6.07) is 2.84. The van der Waals surface area contributed by atoms with Gasteiger partial charge in [-0.25, -0.2) is 0 Å². The van der Waals surface area contributed by atoms with E-state index < -0.39 is 11.9 Å². The largest absolute Gasteiger partial charge is 0.496 e. The van der Waals surface area contributed by atoms with Crippen molar-refractivity contribution in [3.63, 3.8) is 0 Å². The van der Waals surface area contributed by atoms with Gasteiger partial charge in [-0.2, -0.15) is 0 Å². The summed E-state index contributed by atoms with van der Waals surface area (Å²) in [7, 11) is 9.37. The maximum atomic E-state index is 12.2. The van der Waals surface area contributed by atoms with Crippen LogP contribution < -0.4 is 39.5 Å². The zero-order valence-electron chi connectivity index (χ0n) is 21.6. The molecule has 2 aromatic rings. The highest BCUT2D eigenvalue weighted by molar-refractivity contribution is 5.80. The number of hydrogen-bond donors (Lipinski definition) is 2. The van der Waals surface area contributed by atoms with Gasteiger partial charge in [-0.05, 0) is 19.9 Å². The van der Waals surface area contributed by atoms with Gasteiger partial charge in [0.1, 0.15) is 11.5 Å². The van der Waals surface area contributed by atoms with Gasteiger partial charge in [0.05, 0.1) is 60.8 Å². The molecule has 1 atom stereocenters. The molecule has 0 heterocycles. The Morgan fingerprint density at radius 1 is 0.829 bits per heavy atom. The molecule has 35 heavy (non-hydrogen) atoms. The smallest absolute Gasteiger partial charge is 0.234 e. The third-order valence-electron chi connectivity index (χ3n) is 5.61. The van der Waals surface area contributed by atoms with Gasteiger partial charge in [-0.1, -0.05) is 11.8 Å². The first-order valence-corrected chi connectivity index (χ1v) is 10.9. The normalized spacial score (nSPS) is 11.1. The Kier molecular flexibility index (Phi) is 9.91. The first-order valence-electron chi connectivity index (χ1n) is 10.9. The van der Waals surface area contributed by atoms with E-state index in [1.165, 1.54) is 0 Å². The Balaban J connectivity index is 2.29. The third-order valence-corrected chi connectivity index (χ3v) is 5.61. The second-order valence-corrected chi connectivity index (χ2v) is 7.59. The second-order valence-electron chi connectivity index (χ2n) is 7.59. The lowest BCUT2D eigenvalue weighted by molar-refractivity contribution is -0.119. The zero-order chi connectivity index (χ0) is 26.1. The van der Waals surface area contributed by atoms with Crippen molar-refractivity contribution in [1.29, 1.82) is 0 Å². The summed E-state index contributed by atoms with van der Waals surface area (Å²) in [6.07, 6.45) is 0.278. The summed E-state index contributed by atoms with van der Waals surface area (Å²) in [5, 5.41) is 3.11. The van der Waals surface area contributed by atoms with Crippen LogP contribution in [0.1, 0.15) is 22.3 Å². The molecule has 9 nitrogen and oxygen atoms in total. The average molecular weight is 487 g/mol. The van der Waals surface area contributed by atoms with Crippen LogP contribution in [0.2, 0.25) is 0 Å². The number of nitrogens with one attached hydrogen (secondary N) is 1. The summed E-state index contributed by atoms with van der Waals surface area (Å²) < 4.78 is 32.8. The van der Waals surface area contributed by atoms with Crippen LogP contribution in [0, 0.1) is 25.7 Å². The first-order chi connectivity index (χ1) is 16.8. The van der Waals surface area contributed by atoms with Crippen molar-refractivity contribution in [2.45, 2.75) is 26.3 Å². The minimum Gasteiger partial charge on any atom is -0.496 e. The SMILES string of the molecule is COc1cc(C#CCNC(Cc2cc(OC)c(OC)c(C)c2OC)C(N)=O)c(OC)c(C)c1OC. The Bertz CT molecular complexity index is 1120. The van der Waals surface area contributed by atoms with Crippen molar-refractivity contribution in [2.75, 3.05) is 49.2 Å². The highest BCUT2D eigenvalue weighted by atomic mass is 16.5. The molecule has 0 aliphatic heterocycles. The molecule has 3 N–H and O–H groups in total. The number of hydrogen-bond acceptors (Lipinski definition) is 8. The summed E-state index contributed by atoms with van der Waals surface area (Å²) in [4.78, 5) is 12.2. The molecule has 9 heteroatoms. The maximum Gasteiger partial charge on any atom is 0.234 e. The molecule has 2 aromatic carbocycles. The summed E-state index contributed by atoms with van der Waals surface area (Å²) >= 11 is 0. The van der Waals surface area contributed by atoms with Crippen LogP contribution in [-0.2, 0) is 11.2 Å². The lowest BCUT2D eigenvalue weighted by atomic mass is 10.00. The number of primary amides is 1. The summed E-state index contributed by atoms with van der Waals surface area (Å²) in [5.41, 5.74) is 8.61. The fourth-order valence-electron chi connectivity index (χ4n) is 3.98. The molecule has 2 rings (SSSR count). The number of carbonyl (C=O) groups is 1. The minimum atomic E-state index is -0.690. The number of ether oxygens (including phenoxy) is 6. The Morgan fingerprint density at radius 3 is 1.83 bits per heavy atom. The van der Waals surface area contributed by atoms with E-state index in [0.717, 1.165) is 16.7 Å². The van der Waals surface area contributed by atoms with E-state index in [0.29, 0.717) is 40.1 Å². The topological polar surface area (TPSA) is 110 Å². The molecule has 0 saturated carbocycles. The quantitative estimate of drug-likeness (QED) is 0.466. The molecule has 0 radical (unpaired) electrons. The molecule has 0 fully saturated rings. The predicted molar refractivity (Wildman–Crippen MR) is 133 cm³/mol. The van der Waals surface area contributed by atoms with Gasteiger partial charge in [0.15, 0.2) is 23.0 Å². The summed E-state index contributed by atoms with van der Waals surface area (Å²) in [5.74, 6) is 9.02. The van der Waals surface area contributed by atoms with Gasteiger partial charge in [-0.15, -0.1) is 0 Å². The molecule has 0 aliphatic carbocycles. The highest BCUT2D eigenvalue weighted by Crippen LogP contribution is 2.40. The molecular formula is C26H34N2O7. The monoisotopic (exact) mass is 486 g/mol. The molecule has 0 bridgehead atoms. The van der Waals surface area contributed by atoms with Gasteiger partial charge < -0.3 is 34.2 Å². The van der Waals surface area contributed by atoms with Crippen molar-refractivity contribution in [3.8, 4) is 46.3 Å². The van der Waals surface area contributed by atoms with E-state index in [1.807, 2.05) is 13.8 Å². The van der Waals surface area contributed by atoms with Crippen LogP contribution in [0.5, 0.6) is 34.5 Å². The minimum absolute atomic E-state index is 0.207. The van der Waals surface area contributed by atoms with Crippen molar-refractivity contribution in [1.82, 2.24) is 5.32 Å². The van der Waals surface area contributed by atoms with Crippen molar-refractivity contribution in [3.05, 3.63) is 34.4 Å². The Hall–Kier alpha value is -3.77. The third kappa shape index (κ3) is 6.03. The van der Waals surface area contributed by atoms with Gasteiger partial charge >= 0.3 is 0 Å². The molecule has 0 aliphatic rings. The number of carbonyl (C=O) groups excluding carboxylic acids is 1. The number of benzene rings is 2. The molecular weight excluding hydrogens is 452 g/mol. The second kappa shape index (κ2) is 12.6.